The number of nitrogens with zero attached hydrogens (tertiary/aromatic N) is 2. The fraction of sp³-hybridized carbons (Fsp3) is 0.310. The van der Waals surface area contributed by atoms with Gasteiger partial charge in [-0.3, -0.25) is 13.9 Å². The Hall–Kier alpha value is -3.27. The number of benzene rings is 3. The molecule has 0 radical (unpaired) electrons. The van der Waals surface area contributed by atoms with Crippen LogP contribution in [0.1, 0.15) is 25.0 Å². The quantitative estimate of drug-likeness (QED) is 0.316. The monoisotopic (exact) mass is 605 g/mol. The van der Waals surface area contributed by atoms with Crippen molar-refractivity contribution in [2.75, 3.05) is 24.2 Å². The van der Waals surface area contributed by atoms with Crippen LogP contribution in [0.2, 0.25) is 10.0 Å². The predicted octanol–water partition coefficient (Wildman–Crippen LogP) is 4.93. The first kappa shape index (κ1) is 31.3. The van der Waals surface area contributed by atoms with Crippen LogP contribution >= 0.6 is 23.2 Å². The average Bonchev–Trinajstić information content (AvgIpc) is 2.89. The number of nitrogens with one attached hydrogen (secondary N) is 1. The van der Waals surface area contributed by atoms with Crippen molar-refractivity contribution in [1.29, 1.82) is 0 Å². The lowest BCUT2D eigenvalue weighted by atomic mass is 10.0. The third kappa shape index (κ3) is 8.61. The lowest BCUT2D eigenvalue weighted by Gasteiger charge is -2.34. The smallest absolute Gasteiger partial charge is 0.244 e. The Bertz CT molecular complexity index is 1430. The number of ether oxygens (including phenoxy) is 1. The first-order valence-electron chi connectivity index (χ1n) is 12.6. The van der Waals surface area contributed by atoms with Crippen molar-refractivity contribution in [3.63, 3.8) is 0 Å². The average molecular weight is 607 g/mol. The molecule has 0 fully saturated rings. The minimum Gasteiger partial charge on any atom is -0.497 e. The Kier molecular flexibility index (Phi) is 10.8. The number of carbonyl (C=O) groups excluding carboxylic acids is 2. The van der Waals surface area contributed by atoms with E-state index in [0.717, 1.165) is 16.1 Å². The van der Waals surface area contributed by atoms with Crippen LogP contribution in [0.25, 0.3) is 0 Å². The molecule has 0 saturated carbocycles. The maximum absolute atomic E-state index is 14.1. The molecule has 40 heavy (non-hydrogen) atoms. The summed E-state index contributed by atoms with van der Waals surface area (Å²) in [4.78, 5) is 29.0. The molecule has 3 aromatic rings. The van der Waals surface area contributed by atoms with Gasteiger partial charge in [0.25, 0.3) is 0 Å². The summed E-state index contributed by atoms with van der Waals surface area (Å²) in [6.07, 6.45) is 1.21. The molecule has 0 bridgehead atoms. The fourth-order valence-corrected chi connectivity index (χ4v) is 5.60. The van der Waals surface area contributed by atoms with E-state index < -0.39 is 28.5 Å². The van der Waals surface area contributed by atoms with Crippen molar-refractivity contribution < 1.29 is 22.7 Å². The van der Waals surface area contributed by atoms with Gasteiger partial charge in [0.05, 0.1) is 24.1 Å². The predicted molar refractivity (Wildman–Crippen MR) is 159 cm³/mol. The van der Waals surface area contributed by atoms with Gasteiger partial charge in [0.15, 0.2) is 0 Å². The fourth-order valence-electron chi connectivity index (χ4n) is 4.18. The van der Waals surface area contributed by atoms with E-state index in [9.17, 15) is 18.0 Å². The Morgan fingerprint density at radius 3 is 2.23 bits per heavy atom. The molecule has 214 valence electrons. The van der Waals surface area contributed by atoms with Gasteiger partial charge in [-0.1, -0.05) is 65.7 Å². The maximum Gasteiger partial charge on any atom is 0.244 e. The molecule has 1 N–H and O–H groups in total. The molecule has 0 aromatic heterocycles. The summed E-state index contributed by atoms with van der Waals surface area (Å²) in [5, 5.41) is 3.31. The van der Waals surface area contributed by atoms with Crippen molar-refractivity contribution in [3.8, 4) is 5.75 Å². The largest absolute Gasteiger partial charge is 0.497 e. The first-order valence-corrected chi connectivity index (χ1v) is 15.2. The number of amides is 2. The molecule has 0 aliphatic heterocycles. The Morgan fingerprint density at radius 1 is 0.950 bits per heavy atom. The zero-order valence-corrected chi connectivity index (χ0v) is 25.1. The lowest BCUT2D eigenvalue weighted by molar-refractivity contribution is -0.140. The van der Waals surface area contributed by atoms with Gasteiger partial charge in [0.1, 0.15) is 18.3 Å². The summed E-state index contributed by atoms with van der Waals surface area (Å²) < 4.78 is 32.0. The first-order chi connectivity index (χ1) is 18.9. The van der Waals surface area contributed by atoms with Crippen LogP contribution in [-0.4, -0.2) is 57.1 Å². The third-order valence-corrected chi connectivity index (χ3v) is 7.71. The molecule has 2 amide bonds. The van der Waals surface area contributed by atoms with Gasteiger partial charge >= 0.3 is 0 Å². The van der Waals surface area contributed by atoms with Crippen LogP contribution in [0.15, 0.2) is 72.8 Å². The number of sulfonamides is 1. The number of carbonyl (C=O) groups is 2. The van der Waals surface area contributed by atoms with Gasteiger partial charge in [-0.05, 0) is 55.3 Å². The highest BCUT2D eigenvalue weighted by Crippen LogP contribution is 2.31. The standard InChI is InChI=1S/C29H33Cl2N3O5S/c1-20(2)32-29(36)27(16-21-9-6-5-7-10-21)33(18-22-11-8-12-24(15-22)39-3)28(35)19-34(40(4,37)38)26-14-13-23(30)17-25(26)31/h5-15,17,20,27H,16,18-19H2,1-4H3,(H,32,36). The Labute approximate surface area is 245 Å². The van der Waals surface area contributed by atoms with Gasteiger partial charge in [0, 0.05) is 24.0 Å². The molecule has 3 rings (SSSR count). The maximum atomic E-state index is 14.1. The zero-order chi connectivity index (χ0) is 29.4. The number of methoxy groups -OCH3 is 1. The number of hydrogen-bond donors (Lipinski definition) is 1. The molecular weight excluding hydrogens is 573 g/mol. The van der Waals surface area contributed by atoms with E-state index in [4.69, 9.17) is 27.9 Å². The summed E-state index contributed by atoms with van der Waals surface area (Å²) in [7, 11) is -2.41. The van der Waals surface area contributed by atoms with E-state index in [1.54, 1.807) is 18.2 Å². The van der Waals surface area contributed by atoms with Crippen molar-refractivity contribution in [2.45, 2.75) is 38.9 Å². The number of anilines is 1. The molecule has 0 heterocycles. The van der Waals surface area contributed by atoms with Crippen molar-refractivity contribution >= 4 is 50.7 Å². The molecule has 0 spiro atoms. The molecule has 11 heteroatoms. The van der Waals surface area contributed by atoms with Crippen LogP contribution < -0.4 is 14.4 Å². The highest BCUT2D eigenvalue weighted by atomic mass is 35.5. The zero-order valence-electron chi connectivity index (χ0n) is 22.8. The second-order valence-corrected chi connectivity index (χ2v) is 12.4. The summed E-state index contributed by atoms with van der Waals surface area (Å²) >= 11 is 12.4. The topological polar surface area (TPSA) is 96.0 Å². The van der Waals surface area contributed by atoms with Gasteiger partial charge in [-0.25, -0.2) is 8.42 Å². The SMILES string of the molecule is COc1cccc(CN(C(=O)CN(c2ccc(Cl)cc2Cl)S(C)(=O)=O)C(Cc2ccccc2)C(=O)NC(C)C)c1. The molecule has 3 aromatic carbocycles. The van der Waals surface area contributed by atoms with Crippen LogP contribution in [0.5, 0.6) is 5.75 Å². The Morgan fingerprint density at radius 2 is 1.62 bits per heavy atom. The van der Waals surface area contributed by atoms with E-state index in [0.29, 0.717) is 16.3 Å². The molecule has 1 atom stereocenters. The van der Waals surface area contributed by atoms with E-state index in [1.807, 2.05) is 50.2 Å². The van der Waals surface area contributed by atoms with Crippen LogP contribution in [0.4, 0.5) is 5.69 Å². The third-order valence-electron chi connectivity index (χ3n) is 6.05. The minimum absolute atomic E-state index is 0.0327. The lowest BCUT2D eigenvalue weighted by Crippen LogP contribution is -2.54. The highest BCUT2D eigenvalue weighted by Gasteiger charge is 2.33. The summed E-state index contributed by atoms with van der Waals surface area (Å²) in [5.41, 5.74) is 1.66. The Balaban J connectivity index is 2.09. The van der Waals surface area contributed by atoms with E-state index in [1.165, 1.54) is 30.2 Å². The van der Waals surface area contributed by atoms with E-state index in [2.05, 4.69) is 5.32 Å². The summed E-state index contributed by atoms with van der Waals surface area (Å²) in [5.74, 6) is -0.355. The molecule has 0 aliphatic rings. The van der Waals surface area contributed by atoms with Crippen molar-refractivity contribution in [2.24, 2.45) is 0 Å². The van der Waals surface area contributed by atoms with Gasteiger partial charge in [-0.15, -0.1) is 0 Å². The molecular formula is C29H33Cl2N3O5S. The van der Waals surface area contributed by atoms with Gasteiger partial charge in [0.2, 0.25) is 21.8 Å². The normalized spacial score (nSPS) is 12.1. The second kappa shape index (κ2) is 13.9. The summed E-state index contributed by atoms with van der Waals surface area (Å²) in [6.45, 7) is 3.12. The van der Waals surface area contributed by atoms with Crippen LogP contribution in [0.3, 0.4) is 0 Å². The van der Waals surface area contributed by atoms with Gasteiger partial charge in [-0.2, -0.15) is 0 Å². The molecule has 0 aliphatic carbocycles. The number of hydrogen-bond acceptors (Lipinski definition) is 5. The molecule has 8 nitrogen and oxygen atoms in total. The molecule has 1 unspecified atom stereocenters. The van der Waals surface area contributed by atoms with Crippen molar-refractivity contribution in [1.82, 2.24) is 10.2 Å². The molecule has 0 saturated heterocycles. The highest BCUT2D eigenvalue weighted by molar-refractivity contribution is 7.92. The number of rotatable bonds is 12. The van der Waals surface area contributed by atoms with E-state index >= 15 is 0 Å². The van der Waals surface area contributed by atoms with Crippen LogP contribution in [0, 0.1) is 0 Å². The van der Waals surface area contributed by atoms with E-state index in [-0.39, 0.29) is 35.6 Å². The van der Waals surface area contributed by atoms with Crippen LogP contribution in [-0.2, 0) is 32.6 Å². The van der Waals surface area contributed by atoms with Gasteiger partial charge < -0.3 is 15.0 Å². The van der Waals surface area contributed by atoms with Crippen molar-refractivity contribution in [3.05, 3.63) is 94.0 Å². The summed E-state index contributed by atoms with van der Waals surface area (Å²) in [6, 6.07) is 19.7. The second-order valence-electron chi connectivity index (χ2n) is 9.61. The number of halogens is 2. The minimum atomic E-state index is -3.95.